The summed E-state index contributed by atoms with van der Waals surface area (Å²) in [6.45, 7) is 0.572. The number of hydrogen-bond acceptors (Lipinski definition) is 6. The zero-order chi connectivity index (χ0) is 19.9. The van der Waals surface area contributed by atoms with Gasteiger partial charge in [0.05, 0.1) is 26.6 Å². The average Bonchev–Trinajstić information content (AvgIpc) is 2.73. The van der Waals surface area contributed by atoms with Gasteiger partial charge in [0.15, 0.2) is 11.5 Å². The SMILES string of the molecule is COc1ccc(NC(=O)c2cnc(NCc3ccc(Cl)cc3)cn2)cc1OC. The van der Waals surface area contributed by atoms with Crippen LogP contribution in [0.15, 0.2) is 54.9 Å². The number of nitrogens with zero attached hydrogens (tertiary/aromatic N) is 2. The summed E-state index contributed by atoms with van der Waals surface area (Å²) in [5, 5.41) is 6.59. The second-order valence-electron chi connectivity index (χ2n) is 5.79. The van der Waals surface area contributed by atoms with E-state index in [1.807, 2.05) is 24.3 Å². The van der Waals surface area contributed by atoms with E-state index in [2.05, 4.69) is 20.6 Å². The summed E-state index contributed by atoms with van der Waals surface area (Å²) in [6, 6.07) is 12.6. The zero-order valence-corrected chi connectivity index (χ0v) is 16.2. The number of nitrogens with one attached hydrogen (secondary N) is 2. The summed E-state index contributed by atoms with van der Waals surface area (Å²) < 4.78 is 10.4. The Kier molecular flexibility index (Phi) is 6.29. The van der Waals surface area contributed by atoms with Gasteiger partial charge in [0, 0.05) is 23.3 Å². The fraction of sp³-hybridized carbons (Fsp3) is 0.150. The molecule has 0 aliphatic heterocycles. The van der Waals surface area contributed by atoms with Crippen LogP contribution in [-0.2, 0) is 6.54 Å². The van der Waals surface area contributed by atoms with Gasteiger partial charge >= 0.3 is 0 Å². The van der Waals surface area contributed by atoms with Crippen LogP contribution >= 0.6 is 11.6 Å². The Hall–Kier alpha value is -3.32. The first-order valence-corrected chi connectivity index (χ1v) is 8.80. The van der Waals surface area contributed by atoms with Crippen LogP contribution < -0.4 is 20.1 Å². The monoisotopic (exact) mass is 398 g/mol. The Labute approximate surface area is 167 Å². The number of ether oxygens (including phenoxy) is 2. The molecule has 1 heterocycles. The van der Waals surface area contributed by atoms with Crippen LogP contribution in [0.25, 0.3) is 0 Å². The minimum Gasteiger partial charge on any atom is -0.493 e. The van der Waals surface area contributed by atoms with Gasteiger partial charge in [-0.15, -0.1) is 0 Å². The van der Waals surface area contributed by atoms with Crippen molar-refractivity contribution in [3.05, 3.63) is 71.1 Å². The molecular formula is C20H19ClN4O3. The third-order valence-electron chi connectivity index (χ3n) is 3.91. The van der Waals surface area contributed by atoms with E-state index in [1.165, 1.54) is 19.5 Å². The highest BCUT2D eigenvalue weighted by Gasteiger charge is 2.11. The molecule has 1 amide bonds. The molecule has 7 nitrogen and oxygen atoms in total. The van der Waals surface area contributed by atoms with Gasteiger partial charge in [-0.25, -0.2) is 9.97 Å². The topological polar surface area (TPSA) is 85.4 Å². The number of rotatable bonds is 7. The molecule has 1 aromatic heterocycles. The second kappa shape index (κ2) is 9.05. The highest BCUT2D eigenvalue weighted by molar-refractivity contribution is 6.30. The highest BCUT2D eigenvalue weighted by Crippen LogP contribution is 2.29. The predicted octanol–water partition coefficient (Wildman–Crippen LogP) is 4.01. The van der Waals surface area contributed by atoms with Crippen molar-refractivity contribution in [3.63, 3.8) is 0 Å². The zero-order valence-electron chi connectivity index (χ0n) is 15.4. The van der Waals surface area contributed by atoms with E-state index in [1.54, 1.807) is 25.3 Å². The number of anilines is 2. The number of amides is 1. The van der Waals surface area contributed by atoms with Crippen LogP contribution in [0.5, 0.6) is 11.5 Å². The maximum atomic E-state index is 12.4. The van der Waals surface area contributed by atoms with E-state index >= 15 is 0 Å². The van der Waals surface area contributed by atoms with Crippen molar-refractivity contribution < 1.29 is 14.3 Å². The predicted molar refractivity (Wildman–Crippen MR) is 108 cm³/mol. The van der Waals surface area contributed by atoms with Crippen LogP contribution in [0.4, 0.5) is 11.5 Å². The first kappa shape index (κ1) is 19.4. The van der Waals surface area contributed by atoms with Gasteiger partial charge in [-0.3, -0.25) is 4.79 Å². The molecule has 3 aromatic rings. The number of hydrogen-bond donors (Lipinski definition) is 2. The van der Waals surface area contributed by atoms with E-state index in [9.17, 15) is 4.79 Å². The summed E-state index contributed by atoms with van der Waals surface area (Å²) in [4.78, 5) is 20.8. The molecule has 0 aliphatic rings. The summed E-state index contributed by atoms with van der Waals surface area (Å²) in [5.74, 6) is 1.30. The molecule has 8 heteroatoms. The molecule has 0 saturated carbocycles. The van der Waals surface area contributed by atoms with Gasteiger partial charge in [0.2, 0.25) is 0 Å². The van der Waals surface area contributed by atoms with E-state index < -0.39 is 0 Å². The van der Waals surface area contributed by atoms with Crippen LogP contribution in [0, 0.1) is 0 Å². The maximum absolute atomic E-state index is 12.4. The molecular weight excluding hydrogens is 380 g/mol. The quantitative estimate of drug-likeness (QED) is 0.625. The molecule has 28 heavy (non-hydrogen) atoms. The van der Waals surface area contributed by atoms with Crippen molar-refractivity contribution in [1.82, 2.24) is 9.97 Å². The Morgan fingerprint density at radius 3 is 2.39 bits per heavy atom. The number of methoxy groups -OCH3 is 2. The lowest BCUT2D eigenvalue weighted by atomic mass is 10.2. The van der Waals surface area contributed by atoms with E-state index in [-0.39, 0.29) is 11.6 Å². The van der Waals surface area contributed by atoms with Crippen LogP contribution in [0.1, 0.15) is 16.1 Å². The van der Waals surface area contributed by atoms with E-state index in [0.29, 0.717) is 34.6 Å². The molecule has 0 bridgehead atoms. The number of halogens is 1. The number of benzene rings is 2. The second-order valence-corrected chi connectivity index (χ2v) is 6.23. The Morgan fingerprint density at radius 2 is 1.75 bits per heavy atom. The molecule has 0 radical (unpaired) electrons. The third-order valence-corrected chi connectivity index (χ3v) is 4.16. The normalized spacial score (nSPS) is 10.2. The molecule has 2 aromatic carbocycles. The lowest BCUT2D eigenvalue weighted by molar-refractivity contribution is 0.102. The van der Waals surface area contributed by atoms with Gasteiger partial charge in [0.1, 0.15) is 11.5 Å². The van der Waals surface area contributed by atoms with Gasteiger partial charge in [-0.05, 0) is 29.8 Å². The Balaban J connectivity index is 1.61. The molecule has 0 atom stereocenters. The molecule has 0 aliphatic carbocycles. The van der Waals surface area contributed by atoms with Crippen molar-refractivity contribution in [2.24, 2.45) is 0 Å². The average molecular weight is 399 g/mol. The van der Waals surface area contributed by atoms with Crippen molar-refractivity contribution in [2.75, 3.05) is 24.9 Å². The molecule has 144 valence electrons. The lowest BCUT2D eigenvalue weighted by Crippen LogP contribution is -2.14. The summed E-state index contributed by atoms with van der Waals surface area (Å²) in [6.07, 6.45) is 2.93. The van der Waals surface area contributed by atoms with E-state index in [0.717, 1.165) is 5.56 Å². The smallest absolute Gasteiger partial charge is 0.275 e. The van der Waals surface area contributed by atoms with Crippen molar-refractivity contribution in [3.8, 4) is 11.5 Å². The number of carbonyl (C=O) groups excluding carboxylic acids is 1. The third kappa shape index (κ3) is 4.89. The first-order valence-electron chi connectivity index (χ1n) is 8.43. The van der Waals surface area contributed by atoms with Crippen LogP contribution in [-0.4, -0.2) is 30.1 Å². The van der Waals surface area contributed by atoms with Crippen molar-refractivity contribution in [2.45, 2.75) is 6.54 Å². The van der Waals surface area contributed by atoms with Gasteiger partial charge in [0.25, 0.3) is 5.91 Å². The molecule has 0 saturated heterocycles. The molecule has 0 spiro atoms. The fourth-order valence-electron chi connectivity index (χ4n) is 2.44. The molecule has 0 fully saturated rings. The van der Waals surface area contributed by atoms with Crippen LogP contribution in [0.3, 0.4) is 0 Å². The molecule has 3 rings (SSSR count). The summed E-state index contributed by atoms with van der Waals surface area (Å²) in [5.41, 5.74) is 1.82. The Bertz CT molecular complexity index is 947. The number of carbonyl (C=O) groups is 1. The maximum Gasteiger partial charge on any atom is 0.275 e. The number of aromatic nitrogens is 2. The summed E-state index contributed by atoms with van der Waals surface area (Å²) >= 11 is 5.87. The molecule has 0 unspecified atom stereocenters. The van der Waals surface area contributed by atoms with Crippen molar-refractivity contribution >= 4 is 29.0 Å². The minimum absolute atomic E-state index is 0.201. The highest BCUT2D eigenvalue weighted by atomic mass is 35.5. The van der Waals surface area contributed by atoms with Gasteiger partial charge in [-0.2, -0.15) is 0 Å². The fourth-order valence-corrected chi connectivity index (χ4v) is 2.57. The Morgan fingerprint density at radius 1 is 1.00 bits per heavy atom. The minimum atomic E-state index is -0.371. The van der Waals surface area contributed by atoms with Gasteiger partial charge < -0.3 is 20.1 Å². The van der Waals surface area contributed by atoms with E-state index in [4.69, 9.17) is 21.1 Å². The standard InChI is InChI=1S/C20H19ClN4O3/c1-27-17-8-7-15(9-18(17)28-2)25-20(26)16-11-24-19(12-22-16)23-10-13-3-5-14(21)6-4-13/h3-9,11-12H,10H2,1-2H3,(H,23,24)(H,25,26). The van der Waals surface area contributed by atoms with Gasteiger partial charge in [-0.1, -0.05) is 23.7 Å². The first-order chi connectivity index (χ1) is 13.6. The largest absolute Gasteiger partial charge is 0.493 e. The van der Waals surface area contributed by atoms with Crippen LogP contribution in [0.2, 0.25) is 5.02 Å². The summed E-state index contributed by atoms with van der Waals surface area (Å²) in [7, 11) is 3.08. The van der Waals surface area contributed by atoms with Crippen molar-refractivity contribution in [1.29, 1.82) is 0 Å². The molecule has 2 N–H and O–H groups in total. The lowest BCUT2D eigenvalue weighted by Gasteiger charge is -2.10.